The van der Waals surface area contributed by atoms with Crippen molar-refractivity contribution < 1.29 is 27.9 Å². The van der Waals surface area contributed by atoms with Crippen LogP contribution in [0.4, 0.5) is 24.5 Å². The number of aromatic carboxylic acids is 1. The van der Waals surface area contributed by atoms with Gasteiger partial charge in [-0.25, -0.2) is 4.79 Å². The molecule has 2 aliphatic rings. The second kappa shape index (κ2) is 11.2. The van der Waals surface area contributed by atoms with Gasteiger partial charge in [-0.3, -0.25) is 4.79 Å². The third kappa shape index (κ3) is 6.32. The molecule has 2 N–H and O–H groups in total. The number of amides is 1. The molecule has 4 rings (SSSR count). The van der Waals surface area contributed by atoms with Gasteiger partial charge in [0, 0.05) is 48.8 Å². The lowest BCUT2D eigenvalue weighted by molar-refractivity contribution is -0.137. The number of nitrogens with zero attached hydrogens (tertiary/aromatic N) is 2. The quantitative estimate of drug-likeness (QED) is 0.484. The van der Waals surface area contributed by atoms with E-state index in [9.17, 15) is 27.9 Å². The molecule has 2 aromatic carbocycles. The first-order valence-electron chi connectivity index (χ1n) is 12.5. The van der Waals surface area contributed by atoms with Gasteiger partial charge in [0.05, 0.1) is 16.8 Å². The number of rotatable bonds is 6. The Labute approximate surface area is 219 Å². The lowest BCUT2D eigenvalue weighted by atomic mass is 9.87. The average molecular weight is 538 g/mol. The van der Waals surface area contributed by atoms with Gasteiger partial charge in [0.2, 0.25) is 5.91 Å². The van der Waals surface area contributed by atoms with Crippen LogP contribution in [0.25, 0.3) is 0 Å². The van der Waals surface area contributed by atoms with Crippen LogP contribution >= 0.6 is 11.6 Å². The van der Waals surface area contributed by atoms with Gasteiger partial charge in [0.1, 0.15) is 0 Å². The van der Waals surface area contributed by atoms with Crippen LogP contribution in [0.15, 0.2) is 42.5 Å². The van der Waals surface area contributed by atoms with Crippen LogP contribution in [-0.2, 0) is 11.0 Å². The van der Waals surface area contributed by atoms with Crippen molar-refractivity contribution in [2.45, 2.75) is 56.8 Å². The van der Waals surface area contributed by atoms with Gasteiger partial charge in [-0.2, -0.15) is 13.2 Å². The number of alkyl halides is 3. The number of halogens is 4. The normalized spacial score (nSPS) is 20.9. The predicted octanol–water partition coefficient (Wildman–Crippen LogP) is 5.84. The number of benzene rings is 2. The number of carboxylic acids is 1. The zero-order valence-electron chi connectivity index (χ0n) is 20.6. The second-order valence-electron chi connectivity index (χ2n) is 9.85. The van der Waals surface area contributed by atoms with Crippen molar-refractivity contribution in [2.75, 3.05) is 29.9 Å². The first-order chi connectivity index (χ1) is 17.5. The van der Waals surface area contributed by atoms with Crippen molar-refractivity contribution in [3.8, 4) is 0 Å². The average Bonchev–Trinajstić information content (AvgIpc) is 2.88. The van der Waals surface area contributed by atoms with Gasteiger partial charge in [-0.05, 0) is 62.1 Å². The summed E-state index contributed by atoms with van der Waals surface area (Å²) >= 11 is 6.16. The third-order valence-electron chi connectivity index (χ3n) is 7.53. The molecule has 1 heterocycles. The van der Waals surface area contributed by atoms with Crippen LogP contribution in [0.2, 0.25) is 5.02 Å². The van der Waals surface area contributed by atoms with E-state index in [0.717, 1.165) is 37.8 Å². The highest BCUT2D eigenvalue weighted by Crippen LogP contribution is 2.34. The molecule has 10 heteroatoms. The summed E-state index contributed by atoms with van der Waals surface area (Å²) in [5, 5.41) is 13.3. The second-order valence-corrected chi connectivity index (χ2v) is 10.3. The zero-order chi connectivity index (χ0) is 26.7. The molecule has 1 saturated heterocycles. The molecule has 1 aliphatic heterocycles. The highest BCUT2D eigenvalue weighted by molar-refractivity contribution is 6.31. The number of hydrogen-bond donors (Lipinski definition) is 2. The summed E-state index contributed by atoms with van der Waals surface area (Å²) in [6, 6.07) is 9.74. The van der Waals surface area contributed by atoms with Crippen molar-refractivity contribution >= 4 is 34.9 Å². The fourth-order valence-electron chi connectivity index (χ4n) is 5.48. The van der Waals surface area contributed by atoms with Crippen LogP contribution in [0.5, 0.6) is 0 Å². The Morgan fingerprint density at radius 2 is 1.76 bits per heavy atom. The van der Waals surface area contributed by atoms with Gasteiger partial charge in [0.15, 0.2) is 0 Å². The van der Waals surface area contributed by atoms with E-state index in [-0.39, 0.29) is 29.5 Å². The number of likely N-dealkylation sites (N-methyl/N-ethyl adjacent to an activating group) is 1. The van der Waals surface area contributed by atoms with Gasteiger partial charge >= 0.3 is 12.1 Å². The summed E-state index contributed by atoms with van der Waals surface area (Å²) in [6.45, 7) is 0.996. The molecule has 2 aromatic rings. The molecule has 1 aliphatic carbocycles. The van der Waals surface area contributed by atoms with Gasteiger partial charge < -0.3 is 20.2 Å². The predicted molar refractivity (Wildman–Crippen MR) is 137 cm³/mol. The smallest absolute Gasteiger partial charge is 0.416 e. The van der Waals surface area contributed by atoms with E-state index in [1.807, 2.05) is 16.8 Å². The zero-order valence-corrected chi connectivity index (χ0v) is 21.4. The molecule has 0 spiro atoms. The van der Waals surface area contributed by atoms with Crippen LogP contribution in [0.1, 0.15) is 54.4 Å². The fourth-order valence-corrected chi connectivity index (χ4v) is 5.65. The summed E-state index contributed by atoms with van der Waals surface area (Å²) in [4.78, 5) is 28.8. The fraction of sp³-hybridized carbons (Fsp3) is 0.481. The summed E-state index contributed by atoms with van der Waals surface area (Å²) in [5.74, 6) is -1.32. The molecule has 0 unspecified atom stereocenters. The minimum Gasteiger partial charge on any atom is -0.478 e. The number of carbonyl (C=O) groups excluding carboxylic acids is 1. The minimum absolute atomic E-state index is 0.0569. The highest BCUT2D eigenvalue weighted by Gasteiger charge is 2.35. The molecule has 2 fully saturated rings. The summed E-state index contributed by atoms with van der Waals surface area (Å²) in [5.41, 5.74) is 0.506. The van der Waals surface area contributed by atoms with Gasteiger partial charge in [-0.15, -0.1) is 0 Å². The number of piperidine rings is 1. The van der Waals surface area contributed by atoms with Crippen LogP contribution in [0, 0.1) is 5.92 Å². The molecular formula is C27H31ClF3N3O3. The maximum atomic E-state index is 13.2. The van der Waals surface area contributed by atoms with E-state index in [4.69, 9.17) is 11.6 Å². The largest absolute Gasteiger partial charge is 0.478 e. The first kappa shape index (κ1) is 27.1. The van der Waals surface area contributed by atoms with Crippen LogP contribution < -0.4 is 15.1 Å². The van der Waals surface area contributed by atoms with E-state index >= 15 is 0 Å². The molecule has 0 aromatic heterocycles. The van der Waals surface area contributed by atoms with Gasteiger partial charge in [0.25, 0.3) is 0 Å². The van der Waals surface area contributed by atoms with E-state index in [2.05, 4.69) is 5.32 Å². The van der Waals surface area contributed by atoms with E-state index in [0.29, 0.717) is 42.3 Å². The third-order valence-corrected chi connectivity index (χ3v) is 7.76. The Hall–Kier alpha value is -2.94. The standard InChI is InChI=1S/C27H31ClF3N3O3/c1-33(24-16-19(28)9-10-21(24)26(36)37)23-8-3-2-7-22(23)32-25(35)17-11-13-34(14-12-17)20-6-4-5-18(15-20)27(29,30)31/h4-6,9-10,15-17,22-23H,2-3,7-8,11-14H2,1H3,(H,32,35)(H,36,37)/t22-,23-/m0/s1. The molecule has 0 bridgehead atoms. The molecule has 200 valence electrons. The summed E-state index contributed by atoms with van der Waals surface area (Å²) in [7, 11) is 1.83. The molecule has 0 radical (unpaired) electrons. The summed E-state index contributed by atoms with van der Waals surface area (Å²) in [6.07, 6.45) is 0.228. The van der Waals surface area contributed by atoms with Crippen molar-refractivity contribution in [2.24, 2.45) is 5.92 Å². The first-order valence-corrected chi connectivity index (χ1v) is 12.9. The maximum absolute atomic E-state index is 13.2. The maximum Gasteiger partial charge on any atom is 0.416 e. The van der Waals surface area contributed by atoms with Crippen molar-refractivity contribution in [3.63, 3.8) is 0 Å². The monoisotopic (exact) mass is 537 g/mol. The Morgan fingerprint density at radius 1 is 1.05 bits per heavy atom. The van der Waals surface area contributed by atoms with Crippen LogP contribution in [0.3, 0.4) is 0 Å². The molecule has 1 saturated carbocycles. The number of carbonyl (C=O) groups is 2. The molecule has 37 heavy (non-hydrogen) atoms. The number of carboxylic acid groups (broad SMARTS) is 1. The van der Waals surface area contributed by atoms with E-state index < -0.39 is 17.7 Å². The molecule has 2 atom stereocenters. The van der Waals surface area contributed by atoms with Gasteiger partial charge in [-0.1, -0.05) is 30.5 Å². The van der Waals surface area contributed by atoms with Crippen molar-refractivity contribution in [1.29, 1.82) is 0 Å². The topological polar surface area (TPSA) is 72.9 Å². The van der Waals surface area contributed by atoms with Crippen molar-refractivity contribution in [3.05, 3.63) is 58.6 Å². The number of anilines is 2. The lowest BCUT2D eigenvalue weighted by Gasteiger charge is -2.41. The van der Waals surface area contributed by atoms with E-state index in [1.54, 1.807) is 18.2 Å². The Morgan fingerprint density at radius 3 is 2.43 bits per heavy atom. The Balaban J connectivity index is 1.40. The molecular weight excluding hydrogens is 507 g/mol. The number of hydrogen-bond acceptors (Lipinski definition) is 4. The minimum atomic E-state index is -4.39. The lowest BCUT2D eigenvalue weighted by Crippen LogP contribution is -2.54. The SMILES string of the molecule is CN(c1cc(Cl)ccc1C(=O)O)[C@H]1CCCC[C@@H]1NC(=O)C1CCN(c2cccc(C(F)(F)F)c2)CC1. The number of nitrogens with one attached hydrogen (secondary N) is 1. The van der Waals surface area contributed by atoms with E-state index in [1.165, 1.54) is 12.1 Å². The Kier molecular flexibility index (Phi) is 8.21. The van der Waals surface area contributed by atoms with Crippen molar-refractivity contribution in [1.82, 2.24) is 5.32 Å². The van der Waals surface area contributed by atoms with Crippen LogP contribution in [-0.4, -0.2) is 49.2 Å². The Bertz CT molecular complexity index is 1140. The molecule has 1 amide bonds. The molecule has 6 nitrogen and oxygen atoms in total. The highest BCUT2D eigenvalue weighted by atomic mass is 35.5. The summed E-state index contributed by atoms with van der Waals surface area (Å²) < 4.78 is 39.3.